The van der Waals surface area contributed by atoms with Gasteiger partial charge in [-0.05, 0) is 25.1 Å². The van der Waals surface area contributed by atoms with Gasteiger partial charge in [0.25, 0.3) is 0 Å². The maximum Gasteiger partial charge on any atom is 0.354 e. The highest BCUT2D eigenvalue weighted by molar-refractivity contribution is 5.85. The van der Waals surface area contributed by atoms with Gasteiger partial charge < -0.3 is 14.9 Å². The smallest absolute Gasteiger partial charge is 0.354 e. The molecular weight excluding hydrogens is 336 g/mol. The van der Waals surface area contributed by atoms with E-state index in [-0.39, 0.29) is 12.3 Å². The van der Waals surface area contributed by atoms with Gasteiger partial charge in [-0.3, -0.25) is 0 Å². The number of hydrogen-bond donors (Lipinski definition) is 2. The maximum absolute atomic E-state index is 11.0. The first-order valence-electron chi connectivity index (χ1n) is 8.01. The molecule has 3 rings (SSSR count). The van der Waals surface area contributed by atoms with E-state index in [2.05, 4.69) is 15.3 Å². The van der Waals surface area contributed by atoms with E-state index < -0.39 is 12.1 Å². The Morgan fingerprint density at radius 3 is 2.77 bits per heavy atom. The SMILES string of the molecule is CC(O)c1ccccc1OCc1cn(Cc2cccc(C(=O)O)n2)nn1. The fourth-order valence-corrected chi connectivity index (χ4v) is 2.44. The molecule has 0 aliphatic rings. The standard InChI is InChI=1S/C18H18N4O4/c1-12(23)15-6-2-3-8-17(15)26-11-14-10-22(21-20-14)9-13-5-4-7-16(19-13)18(24)25/h2-8,10,12,23H,9,11H2,1H3,(H,24,25). The van der Waals surface area contributed by atoms with Gasteiger partial charge >= 0.3 is 5.97 Å². The number of pyridine rings is 1. The lowest BCUT2D eigenvalue weighted by Gasteiger charge is -2.12. The zero-order valence-corrected chi connectivity index (χ0v) is 14.1. The number of aliphatic hydroxyl groups is 1. The maximum atomic E-state index is 11.0. The number of aromatic nitrogens is 4. The van der Waals surface area contributed by atoms with Gasteiger partial charge in [0.1, 0.15) is 23.7 Å². The molecule has 1 unspecified atom stereocenters. The summed E-state index contributed by atoms with van der Waals surface area (Å²) in [4.78, 5) is 15.0. The summed E-state index contributed by atoms with van der Waals surface area (Å²) in [5, 5.41) is 26.8. The molecule has 1 aromatic carbocycles. The van der Waals surface area contributed by atoms with Gasteiger partial charge in [0, 0.05) is 5.56 Å². The van der Waals surface area contributed by atoms with E-state index in [1.807, 2.05) is 12.1 Å². The van der Waals surface area contributed by atoms with Crippen LogP contribution in [0.3, 0.4) is 0 Å². The minimum absolute atomic E-state index is 0.0131. The summed E-state index contributed by atoms with van der Waals surface area (Å²) < 4.78 is 7.29. The Morgan fingerprint density at radius 2 is 2.00 bits per heavy atom. The number of carboxylic acid groups (broad SMARTS) is 1. The van der Waals surface area contributed by atoms with Crippen molar-refractivity contribution in [2.75, 3.05) is 0 Å². The van der Waals surface area contributed by atoms with Crippen LogP contribution < -0.4 is 4.74 Å². The highest BCUT2D eigenvalue weighted by Crippen LogP contribution is 2.25. The van der Waals surface area contributed by atoms with E-state index in [1.54, 1.807) is 42.1 Å². The molecule has 0 radical (unpaired) electrons. The largest absolute Gasteiger partial charge is 0.487 e. The summed E-state index contributed by atoms with van der Waals surface area (Å²) in [5.74, 6) is -0.482. The van der Waals surface area contributed by atoms with Crippen LogP contribution in [-0.2, 0) is 13.2 Å². The van der Waals surface area contributed by atoms with Gasteiger partial charge in [0.2, 0.25) is 0 Å². The topological polar surface area (TPSA) is 110 Å². The lowest BCUT2D eigenvalue weighted by molar-refractivity contribution is 0.0690. The summed E-state index contributed by atoms with van der Waals surface area (Å²) in [6, 6.07) is 12.1. The summed E-state index contributed by atoms with van der Waals surface area (Å²) >= 11 is 0. The Hall–Kier alpha value is -3.26. The number of carboxylic acids is 1. The minimum Gasteiger partial charge on any atom is -0.487 e. The van der Waals surface area contributed by atoms with Crippen LogP contribution in [0.1, 0.15) is 40.5 Å². The Labute approximate surface area is 149 Å². The second-order valence-electron chi connectivity index (χ2n) is 5.73. The quantitative estimate of drug-likeness (QED) is 0.668. The number of aliphatic hydroxyl groups excluding tert-OH is 1. The van der Waals surface area contributed by atoms with Crippen LogP contribution in [0.25, 0.3) is 0 Å². The van der Waals surface area contributed by atoms with E-state index in [0.717, 1.165) is 0 Å². The van der Waals surface area contributed by atoms with Crippen LogP contribution in [-0.4, -0.2) is 36.2 Å². The van der Waals surface area contributed by atoms with Crippen molar-refractivity contribution in [3.05, 3.63) is 71.3 Å². The van der Waals surface area contributed by atoms with Crippen LogP contribution in [0.2, 0.25) is 0 Å². The normalized spacial score (nSPS) is 11.9. The second-order valence-corrected chi connectivity index (χ2v) is 5.73. The highest BCUT2D eigenvalue weighted by Gasteiger charge is 2.10. The molecule has 1 atom stereocenters. The van der Waals surface area contributed by atoms with Crippen LogP contribution in [0, 0.1) is 0 Å². The van der Waals surface area contributed by atoms with E-state index in [1.165, 1.54) is 6.07 Å². The van der Waals surface area contributed by atoms with Crippen LogP contribution in [0.4, 0.5) is 0 Å². The van der Waals surface area contributed by atoms with Crippen molar-refractivity contribution in [2.24, 2.45) is 0 Å². The molecule has 0 saturated heterocycles. The van der Waals surface area contributed by atoms with E-state index in [4.69, 9.17) is 9.84 Å². The number of ether oxygens (including phenoxy) is 1. The van der Waals surface area contributed by atoms with Crippen molar-refractivity contribution in [1.82, 2.24) is 20.0 Å². The monoisotopic (exact) mass is 354 g/mol. The highest BCUT2D eigenvalue weighted by atomic mass is 16.5. The molecule has 0 fully saturated rings. The molecule has 2 heterocycles. The molecule has 26 heavy (non-hydrogen) atoms. The van der Waals surface area contributed by atoms with Crippen molar-refractivity contribution in [3.63, 3.8) is 0 Å². The molecule has 0 aliphatic heterocycles. The van der Waals surface area contributed by atoms with Crippen molar-refractivity contribution in [1.29, 1.82) is 0 Å². The fourth-order valence-electron chi connectivity index (χ4n) is 2.44. The molecule has 134 valence electrons. The van der Waals surface area contributed by atoms with Crippen molar-refractivity contribution >= 4 is 5.97 Å². The number of para-hydroxylation sites is 1. The van der Waals surface area contributed by atoms with E-state index >= 15 is 0 Å². The van der Waals surface area contributed by atoms with Gasteiger partial charge in [0.15, 0.2) is 0 Å². The first-order valence-corrected chi connectivity index (χ1v) is 8.01. The number of hydrogen-bond acceptors (Lipinski definition) is 6. The minimum atomic E-state index is -1.07. The third-order valence-corrected chi connectivity index (χ3v) is 3.68. The number of aromatic carboxylic acids is 1. The third-order valence-electron chi connectivity index (χ3n) is 3.68. The van der Waals surface area contributed by atoms with Crippen molar-refractivity contribution < 1.29 is 19.7 Å². The van der Waals surface area contributed by atoms with E-state index in [9.17, 15) is 9.90 Å². The number of carbonyl (C=O) groups is 1. The summed E-state index contributed by atoms with van der Waals surface area (Å²) in [7, 11) is 0. The summed E-state index contributed by atoms with van der Waals surface area (Å²) in [6.45, 7) is 2.18. The lowest BCUT2D eigenvalue weighted by atomic mass is 10.1. The number of benzene rings is 1. The van der Waals surface area contributed by atoms with Crippen molar-refractivity contribution in [3.8, 4) is 5.75 Å². The molecule has 3 aromatic rings. The van der Waals surface area contributed by atoms with Gasteiger partial charge in [0.05, 0.1) is 24.5 Å². The number of rotatable bonds is 7. The fraction of sp³-hybridized carbons (Fsp3) is 0.222. The predicted molar refractivity (Wildman–Crippen MR) is 91.7 cm³/mol. The Morgan fingerprint density at radius 1 is 1.19 bits per heavy atom. The molecule has 0 spiro atoms. The Bertz CT molecular complexity index is 907. The molecule has 0 amide bonds. The van der Waals surface area contributed by atoms with Gasteiger partial charge in [-0.2, -0.15) is 0 Å². The molecular formula is C18H18N4O4. The first-order chi connectivity index (χ1) is 12.5. The summed E-state index contributed by atoms with van der Waals surface area (Å²) in [5.41, 5.74) is 1.87. The van der Waals surface area contributed by atoms with Crippen LogP contribution in [0.5, 0.6) is 5.75 Å². The molecule has 2 aromatic heterocycles. The zero-order chi connectivity index (χ0) is 18.5. The van der Waals surface area contributed by atoms with E-state index in [0.29, 0.717) is 29.2 Å². The predicted octanol–water partition coefficient (Wildman–Crippen LogP) is 2.05. The number of nitrogens with zero attached hydrogens (tertiary/aromatic N) is 4. The Kier molecular flexibility index (Phi) is 5.23. The van der Waals surface area contributed by atoms with Crippen LogP contribution in [0.15, 0.2) is 48.7 Å². The molecule has 0 aliphatic carbocycles. The summed E-state index contributed by atoms with van der Waals surface area (Å²) in [6.07, 6.45) is 1.08. The van der Waals surface area contributed by atoms with Gasteiger partial charge in [-0.25, -0.2) is 14.5 Å². The van der Waals surface area contributed by atoms with Gasteiger partial charge in [-0.1, -0.05) is 29.5 Å². The molecule has 0 saturated carbocycles. The van der Waals surface area contributed by atoms with Crippen molar-refractivity contribution in [2.45, 2.75) is 26.2 Å². The molecule has 8 heteroatoms. The average Bonchev–Trinajstić information content (AvgIpc) is 3.07. The zero-order valence-electron chi connectivity index (χ0n) is 14.1. The second kappa shape index (κ2) is 7.75. The van der Waals surface area contributed by atoms with Crippen LogP contribution >= 0.6 is 0 Å². The molecule has 0 bridgehead atoms. The third kappa shape index (κ3) is 4.22. The first kappa shape index (κ1) is 17.6. The molecule has 2 N–H and O–H groups in total. The molecule has 8 nitrogen and oxygen atoms in total. The van der Waals surface area contributed by atoms with Gasteiger partial charge in [-0.15, -0.1) is 5.10 Å². The Balaban J connectivity index is 1.65. The average molecular weight is 354 g/mol. The lowest BCUT2D eigenvalue weighted by Crippen LogP contribution is -2.07.